The highest BCUT2D eigenvalue weighted by Gasteiger charge is 2.35. The molecule has 2 heterocycles. The summed E-state index contributed by atoms with van der Waals surface area (Å²) in [4.78, 5) is 2.33. The molecule has 0 spiro atoms. The van der Waals surface area contributed by atoms with Gasteiger partial charge in [0.05, 0.1) is 11.2 Å². The van der Waals surface area contributed by atoms with Crippen LogP contribution in [0.15, 0.2) is 24.3 Å². The van der Waals surface area contributed by atoms with Crippen molar-refractivity contribution in [3.05, 3.63) is 24.3 Å². The SMILES string of the molecule is [B]c1ccc(-c2ccc([B]OC(C)(C)C(C)(C)O)s2)s1. The van der Waals surface area contributed by atoms with Gasteiger partial charge in [0.2, 0.25) is 0 Å². The monoisotopic (exact) mass is 303 g/mol. The number of thiophene rings is 2. The molecule has 103 valence electrons. The van der Waals surface area contributed by atoms with Crippen LogP contribution in [0.1, 0.15) is 27.7 Å². The minimum atomic E-state index is -0.911. The quantitative estimate of drug-likeness (QED) is 0.857. The molecule has 1 N–H and O–H groups in total. The predicted molar refractivity (Wildman–Crippen MR) is 89.9 cm³/mol. The minimum Gasteiger partial charge on any atom is -0.426 e. The van der Waals surface area contributed by atoms with E-state index in [1.807, 2.05) is 32.0 Å². The van der Waals surface area contributed by atoms with Gasteiger partial charge in [0.15, 0.2) is 0 Å². The molecule has 0 aromatic carbocycles. The zero-order valence-electron chi connectivity index (χ0n) is 12.1. The van der Waals surface area contributed by atoms with Crippen LogP contribution in [0, 0.1) is 0 Å². The van der Waals surface area contributed by atoms with E-state index >= 15 is 0 Å². The van der Waals surface area contributed by atoms with Gasteiger partial charge in [-0.25, -0.2) is 0 Å². The standard InChI is InChI=1S/C14H17B2O2S2/c1-13(2,17)14(3,4)18-16-12-8-6-10(20-12)9-5-7-11(15)19-9/h5-8,17H,1-4H3. The molecule has 0 aliphatic rings. The fourth-order valence-electron chi connectivity index (χ4n) is 1.38. The van der Waals surface area contributed by atoms with Crippen molar-refractivity contribution in [2.24, 2.45) is 0 Å². The molecule has 0 saturated heterocycles. The first kappa shape index (κ1) is 15.8. The van der Waals surface area contributed by atoms with Crippen LogP contribution in [0.4, 0.5) is 0 Å². The van der Waals surface area contributed by atoms with Crippen molar-refractivity contribution in [1.82, 2.24) is 0 Å². The van der Waals surface area contributed by atoms with E-state index in [2.05, 4.69) is 6.07 Å². The van der Waals surface area contributed by atoms with Gasteiger partial charge in [-0.15, -0.1) is 11.3 Å². The Morgan fingerprint density at radius 2 is 1.65 bits per heavy atom. The summed E-state index contributed by atoms with van der Waals surface area (Å²) in [6, 6.07) is 8.01. The largest absolute Gasteiger partial charge is 0.426 e. The second-order valence-electron chi connectivity index (χ2n) is 5.71. The molecule has 0 unspecified atom stereocenters. The molecule has 0 saturated carbocycles. The molecular formula is C14H17B2O2S2. The minimum absolute atomic E-state index is 0.648. The van der Waals surface area contributed by atoms with Crippen molar-refractivity contribution in [2.75, 3.05) is 0 Å². The molecule has 3 radical (unpaired) electrons. The number of rotatable bonds is 5. The lowest BCUT2D eigenvalue weighted by Gasteiger charge is -2.37. The maximum Gasteiger partial charge on any atom is 0.341 e. The van der Waals surface area contributed by atoms with Crippen LogP contribution in [-0.4, -0.2) is 31.6 Å². The zero-order valence-corrected chi connectivity index (χ0v) is 13.8. The summed E-state index contributed by atoms with van der Waals surface area (Å²) in [5.74, 6) is 0. The Hall–Kier alpha value is -0.550. The van der Waals surface area contributed by atoms with E-state index in [9.17, 15) is 5.11 Å². The molecule has 0 bridgehead atoms. The lowest BCUT2D eigenvalue weighted by Crippen LogP contribution is -2.49. The summed E-state index contributed by atoms with van der Waals surface area (Å²) in [6.45, 7) is 7.24. The first-order valence-electron chi connectivity index (χ1n) is 6.38. The molecular weight excluding hydrogens is 286 g/mol. The first-order chi connectivity index (χ1) is 9.19. The van der Waals surface area contributed by atoms with Gasteiger partial charge in [0.1, 0.15) is 7.85 Å². The van der Waals surface area contributed by atoms with Crippen LogP contribution >= 0.6 is 22.7 Å². The molecule has 2 aromatic rings. The average molecular weight is 303 g/mol. The summed E-state index contributed by atoms with van der Waals surface area (Å²) in [5, 5.41) is 10.1. The highest BCUT2D eigenvalue weighted by Crippen LogP contribution is 2.28. The van der Waals surface area contributed by atoms with Gasteiger partial charge in [-0.05, 0) is 44.6 Å². The number of aliphatic hydroxyl groups is 1. The highest BCUT2D eigenvalue weighted by molar-refractivity contribution is 7.29. The fraction of sp³-hybridized carbons (Fsp3) is 0.429. The Kier molecular flexibility index (Phi) is 4.50. The average Bonchev–Trinajstić information content (AvgIpc) is 2.93. The molecule has 2 aromatic heterocycles. The Morgan fingerprint density at radius 3 is 2.20 bits per heavy atom. The van der Waals surface area contributed by atoms with Crippen molar-refractivity contribution in [3.63, 3.8) is 0 Å². The molecule has 6 heteroatoms. The summed E-state index contributed by atoms with van der Waals surface area (Å²) < 4.78 is 7.58. The Morgan fingerprint density at radius 1 is 1.05 bits per heavy atom. The fourth-order valence-corrected chi connectivity index (χ4v) is 3.12. The second kappa shape index (κ2) is 5.68. The molecule has 20 heavy (non-hydrogen) atoms. The Bertz CT molecular complexity index is 582. The Balaban J connectivity index is 2.04. The van der Waals surface area contributed by atoms with Crippen LogP contribution < -0.4 is 9.55 Å². The van der Waals surface area contributed by atoms with E-state index in [0.29, 0.717) is 0 Å². The second-order valence-corrected chi connectivity index (χ2v) is 7.94. The van der Waals surface area contributed by atoms with Gasteiger partial charge in [-0.3, -0.25) is 0 Å². The molecule has 0 atom stereocenters. The summed E-state index contributed by atoms with van der Waals surface area (Å²) in [7, 11) is 7.46. The van der Waals surface area contributed by atoms with Crippen molar-refractivity contribution in [3.8, 4) is 9.75 Å². The van der Waals surface area contributed by atoms with Gasteiger partial charge < -0.3 is 9.76 Å². The lowest BCUT2D eigenvalue weighted by atomic mass is 9.86. The van der Waals surface area contributed by atoms with Gasteiger partial charge in [-0.2, -0.15) is 11.3 Å². The van der Waals surface area contributed by atoms with E-state index in [0.717, 1.165) is 14.4 Å². The van der Waals surface area contributed by atoms with Gasteiger partial charge in [-0.1, -0.05) is 12.1 Å². The number of hydrogen-bond acceptors (Lipinski definition) is 4. The van der Waals surface area contributed by atoms with Crippen LogP contribution in [0.3, 0.4) is 0 Å². The highest BCUT2D eigenvalue weighted by atomic mass is 32.1. The van der Waals surface area contributed by atoms with Crippen LogP contribution in [-0.2, 0) is 4.65 Å². The Labute approximate surface area is 130 Å². The number of hydrogen-bond donors (Lipinski definition) is 1. The van der Waals surface area contributed by atoms with Crippen LogP contribution in [0.5, 0.6) is 0 Å². The predicted octanol–water partition coefficient (Wildman–Crippen LogP) is 2.08. The third-order valence-electron chi connectivity index (χ3n) is 3.44. The molecule has 0 aliphatic heterocycles. The molecule has 2 rings (SSSR count). The lowest BCUT2D eigenvalue weighted by molar-refractivity contribution is -0.0892. The van der Waals surface area contributed by atoms with Crippen LogP contribution in [0.25, 0.3) is 9.75 Å². The van der Waals surface area contributed by atoms with Crippen LogP contribution in [0.2, 0.25) is 0 Å². The molecule has 2 nitrogen and oxygen atoms in total. The normalized spacial score (nSPS) is 12.7. The van der Waals surface area contributed by atoms with E-state index in [4.69, 9.17) is 12.5 Å². The molecule has 0 fully saturated rings. The third-order valence-corrected chi connectivity index (χ3v) is 5.56. The topological polar surface area (TPSA) is 29.5 Å². The smallest absolute Gasteiger partial charge is 0.341 e. The molecule has 0 amide bonds. The van der Waals surface area contributed by atoms with Crippen molar-refractivity contribution >= 4 is 47.6 Å². The maximum absolute atomic E-state index is 10.1. The van der Waals surface area contributed by atoms with Gasteiger partial charge in [0.25, 0.3) is 0 Å². The van der Waals surface area contributed by atoms with Crippen molar-refractivity contribution in [2.45, 2.75) is 38.9 Å². The zero-order chi connectivity index (χ0) is 15.0. The molecule has 0 aliphatic carbocycles. The van der Waals surface area contributed by atoms with Gasteiger partial charge in [0, 0.05) is 14.5 Å². The van der Waals surface area contributed by atoms with E-state index in [1.165, 1.54) is 4.88 Å². The van der Waals surface area contributed by atoms with E-state index < -0.39 is 11.2 Å². The van der Waals surface area contributed by atoms with Gasteiger partial charge >= 0.3 is 7.48 Å². The van der Waals surface area contributed by atoms with E-state index in [1.54, 1.807) is 44.0 Å². The summed E-state index contributed by atoms with van der Waals surface area (Å²) in [5.41, 5.74) is -1.56. The van der Waals surface area contributed by atoms with E-state index in [-0.39, 0.29) is 0 Å². The van der Waals surface area contributed by atoms with Crippen molar-refractivity contribution in [1.29, 1.82) is 0 Å². The summed E-state index contributed by atoms with van der Waals surface area (Å²) in [6.07, 6.45) is 0. The third kappa shape index (κ3) is 3.55. The van der Waals surface area contributed by atoms with Crippen molar-refractivity contribution < 1.29 is 9.76 Å². The first-order valence-corrected chi connectivity index (χ1v) is 8.01. The maximum atomic E-state index is 10.1. The summed E-state index contributed by atoms with van der Waals surface area (Å²) >= 11 is 3.22.